The Labute approximate surface area is 101 Å². The molecule has 0 fully saturated rings. The summed E-state index contributed by atoms with van der Waals surface area (Å²) in [6, 6.07) is 7.05. The van der Waals surface area contributed by atoms with Gasteiger partial charge in [-0.1, -0.05) is 31.2 Å². The molecular weight excluding hydrogens is 216 g/mol. The fraction of sp³-hybridized carbons (Fsp3) is 0.286. The molecule has 0 bridgehead atoms. The third kappa shape index (κ3) is 4.64. The van der Waals surface area contributed by atoms with Gasteiger partial charge in [-0.25, -0.2) is 4.79 Å². The van der Waals surface area contributed by atoms with Crippen molar-refractivity contribution in [2.45, 2.75) is 20.3 Å². The summed E-state index contributed by atoms with van der Waals surface area (Å²) >= 11 is 0. The zero-order chi connectivity index (χ0) is 12.7. The van der Waals surface area contributed by atoms with E-state index in [0.717, 1.165) is 12.0 Å². The Kier molecular flexibility index (Phi) is 5.14. The largest absolute Gasteiger partial charge is 0.463 e. The summed E-state index contributed by atoms with van der Waals surface area (Å²) in [7, 11) is 0. The van der Waals surface area contributed by atoms with E-state index >= 15 is 0 Å². The maximum atomic E-state index is 11.2. The SMILES string of the molecule is CCCOC(=O)/C=C/c1ccc(C(C)=O)cc1. The summed E-state index contributed by atoms with van der Waals surface area (Å²) in [5.41, 5.74) is 1.53. The molecule has 0 atom stereocenters. The number of ketones is 1. The Bertz CT molecular complexity index is 416. The van der Waals surface area contributed by atoms with Crippen LogP contribution in [0.15, 0.2) is 30.3 Å². The van der Waals surface area contributed by atoms with E-state index in [1.807, 2.05) is 6.92 Å². The van der Waals surface area contributed by atoms with E-state index in [2.05, 4.69) is 0 Å². The lowest BCUT2D eigenvalue weighted by Gasteiger charge is -1.98. The molecule has 90 valence electrons. The van der Waals surface area contributed by atoms with Gasteiger partial charge in [0.15, 0.2) is 5.78 Å². The van der Waals surface area contributed by atoms with Crippen molar-refractivity contribution < 1.29 is 14.3 Å². The zero-order valence-corrected chi connectivity index (χ0v) is 10.1. The summed E-state index contributed by atoms with van der Waals surface area (Å²) in [5, 5.41) is 0. The molecule has 0 amide bonds. The molecule has 0 saturated heterocycles. The highest BCUT2D eigenvalue weighted by molar-refractivity contribution is 5.94. The molecule has 0 aromatic heterocycles. The molecule has 0 unspecified atom stereocenters. The second-order valence-electron chi connectivity index (χ2n) is 3.68. The van der Waals surface area contributed by atoms with Gasteiger partial charge >= 0.3 is 5.97 Å². The molecular formula is C14H16O3. The van der Waals surface area contributed by atoms with Gasteiger partial charge in [-0.2, -0.15) is 0 Å². The molecule has 0 heterocycles. The van der Waals surface area contributed by atoms with Crippen LogP contribution in [0.4, 0.5) is 0 Å². The average molecular weight is 232 g/mol. The van der Waals surface area contributed by atoms with Crippen LogP contribution >= 0.6 is 0 Å². The Balaban J connectivity index is 2.59. The molecule has 3 heteroatoms. The number of ether oxygens (including phenoxy) is 1. The second-order valence-corrected chi connectivity index (χ2v) is 3.68. The Morgan fingerprint density at radius 2 is 1.88 bits per heavy atom. The number of hydrogen-bond donors (Lipinski definition) is 0. The van der Waals surface area contributed by atoms with Crippen LogP contribution in [0.2, 0.25) is 0 Å². The lowest BCUT2D eigenvalue weighted by atomic mass is 10.1. The van der Waals surface area contributed by atoms with Gasteiger partial charge in [0.25, 0.3) is 0 Å². The number of hydrogen-bond acceptors (Lipinski definition) is 3. The van der Waals surface area contributed by atoms with E-state index in [0.29, 0.717) is 12.2 Å². The molecule has 0 spiro atoms. The van der Waals surface area contributed by atoms with Crippen molar-refractivity contribution in [2.24, 2.45) is 0 Å². The van der Waals surface area contributed by atoms with Crippen LogP contribution in [-0.2, 0) is 9.53 Å². The number of esters is 1. The Hall–Kier alpha value is -1.90. The van der Waals surface area contributed by atoms with Crippen molar-refractivity contribution in [3.05, 3.63) is 41.5 Å². The number of Topliss-reactive ketones (excluding diaryl/α,β-unsaturated/α-hetero) is 1. The lowest BCUT2D eigenvalue weighted by molar-refractivity contribution is -0.137. The van der Waals surface area contributed by atoms with E-state index < -0.39 is 0 Å². The third-order valence-electron chi connectivity index (χ3n) is 2.18. The molecule has 0 saturated carbocycles. The van der Waals surface area contributed by atoms with E-state index in [1.165, 1.54) is 13.0 Å². The van der Waals surface area contributed by atoms with E-state index in [1.54, 1.807) is 30.3 Å². The van der Waals surface area contributed by atoms with Crippen molar-refractivity contribution in [1.29, 1.82) is 0 Å². The molecule has 17 heavy (non-hydrogen) atoms. The number of benzene rings is 1. The van der Waals surface area contributed by atoms with E-state index in [4.69, 9.17) is 4.74 Å². The number of carbonyl (C=O) groups excluding carboxylic acids is 2. The molecule has 1 aromatic carbocycles. The molecule has 0 aliphatic carbocycles. The van der Waals surface area contributed by atoms with E-state index in [9.17, 15) is 9.59 Å². The van der Waals surface area contributed by atoms with Crippen LogP contribution in [0.25, 0.3) is 6.08 Å². The molecule has 0 radical (unpaired) electrons. The molecule has 3 nitrogen and oxygen atoms in total. The summed E-state index contributed by atoms with van der Waals surface area (Å²) in [4.78, 5) is 22.2. The second kappa shape index (κ2) is 6.63. The van der Waals surface area contributed by atoms with Gasteiger partial charge in [-0.15, -0.1) is 0 Å². The highest BCUT2D eigenvalue weighted by Crippen LogP contribution is 2.06. The standard InChI is InChI=1S/C14H16O3/c1-3-10-17-14(16)9-6-12-4-7-13(8-5-12)11(2)15/h4-9H,3,10H2,1-2H3/b9-6+. The molecule has 0 aliphatic heterocycles. The van der Waals surface area contributed by atoms with Gasteiger partial charge in [0.1, 0.15) is 0 Å². The Morgan fingerprint density at radius 1 is 1.24 bits per heavy atom. The highest BCUT2D eigenvalue weighted by Gasteiger charge is 1.98. The first-order valence-corrected chi connectivity index (χ1v) is 5.59. The van der Waals surface area contributed by atoms with Crippen LogP contribution in [0.1, 0.15) is 36.2 Å². The van der Waals surface area contributed by atoms with Gasteiger partial charge in [0.2, 0.25) is 0 Å². The molecule has 1 aromatic rings. The zero-order valence-electron chi connectivity index (χ0n) is 10.1. The maximum Gasteiger partial charge on any atom is 0.330 e. The van der Waals surface area contributed by atoms with Crippen molar-refractivity contribution >= 4 is 17.8 Å². The third-order valence-corrected chi connectivity index (χ3v) is 2.18. The lowest BCUT2D eigenvalue weighted by Crippen LogP contribution is -2.00. The molecule has 0 N–H and O–H groups in total. The van der Waals surface area contributed by atoms with Crippen molar-refractivity contribution in [1.82, 2.24) is 0 Å². The topological polar surface area (TPSA) is 43.4 Å². The quantitative estimate of drug-likeness (QED) is 0.445. The van der Waals surface area contributed by atoms with Gasteiger partial charge in [0.05, 0.1) is 6.61 Å². The normalized spacial score (nSPS) is 10.5. The summed E-state index contributed by atoms with van der Waals surface area (Å²) in [6.07, 6.45) is 3.87. The fourth-order valence-electron chi connectivity index (χ4n) is 1.24. The summed E-state index contributed by atoms with van der Waals surface area (Å²) < 4.78 is 4.90. The van der Waals surface area contributed by atoms with Crippen LogP contribution < -0.4 is 0 Å². The monoisotopic (exact) mass is 232 g/mol. The van der Waals surface area contributed by atoms with Gasteiger partial charge in [-0.3, -0.25) is 4.79 Å². The van der Waals surface area contributed by atoms with Crippen molar-refractivity contribution in [3.63, 3.8) is 0 Å². The number of rotatable bonds is 5. The first-order chi connectivity index (χ1) is 8.13. The van der Waals surface area contributed by atoms with Crippen LogP contribution in [0.3, 0.4) is 0 Å². The molecule has 0 aliphatic rings. The predicted molar refractivity (Wildman–Crippen MR) is 66.7 cm³/mol. The minimum atomic E-state index is -0.345. The van der Waals surface area contributed by atoms with Crippen molar-refractivity contribution in [2.75, 3.05) is 6.61 Å². The fourth-order valence-corrected chi connectivity index (χ4v) is 1.24. The summed E-state index contributed by atoms with van der Waals surface area (Å²) in [5.74, 6) is -0.314. The minimum absolute atomic E-state index is 0.0304. The minimum Gasteiger partial charge on any atom is -0.463 e. The predicted octanol–water partition coefficient (Wildman–Crippen LogP) is 2.86. The molecule has 1 rings (SSSR count). The summed E-state index contributed by atoms with van der Waals surface area (Å²) in [6.45, 7) is 3.90. The highest BCUT2D eigenvalue weighted by atomic mass is 16.5. The average Bonchev–Trinajstić information content (AvgIpc) is 2.34. The van der Waals surface area contributed by atoms with Crippen LogP contribution in [0.5, 0.6) is 0 Å². The van der Waals surface area contributed by atoms with Crippen LogP contribution in [-0.4, -0.2) is 18.4 Å². The van der Waals surface area contributed by atoms with Gasteiger partial charge in [0, 0.05) is 11.6 Å². The van der Waals surface area contributed by atoms with E-state index in [-0.39, 0.29) is 11.8 Å². The number of carbonyl (C=O) groups is 2. The van der Waals surface area contributed by atoms with Gasteiger partial charge in [-0.05, 0) is 25.0 Å². The smallest absolute Gasteiger partial charge is 0.330 e. The maximum absolute atomic E-state index is 11.2. The van der Waals surface area contributed by atoms with Crippen molar-refractivity contribution in [3.8, 4) is 0 Å². The first kappa shape index (κ1) is 13.2. The van der Waals surface area contributed by atoms with Crippen LogP contribution in [0, 0.1) is 0 Å². The van der Waals surface area contributed by atoms with Gasteiger partial charge < -0.3 is 4.74 Å². The Morgan fingerprint density at radius 3 is 2.41 bits per heavy atom. The first-order valence-electron chi connectivity index (χ1n) is 5.59.